The Morgan fingerprint density at radius 1 is 0.315 bits per heavy atom. The molecule has 0 fully saturated rings. The van der Waals surface area contributed by atoms with Gasteiger partial charge >= 0.3 is 0 Å². The predicted molar refractivity (Wildman–Crippen MR) is 516 cm³/mol. The first-order valence-electron chi connectivity index (χ1n) is 44.3. The van der Waals surface area contributed by atoms with Crippen LogP contribution in [0, 0.1) is 65.8 Å². The van der Waals surface area contributed by atoms with Crippen molar-refractivity contribution in [2.45, 2.75) is 157 Å². The molecule has 0 amide bonds. The summed E-state index contributed by atoms with van der Waals surface area (Å²) in [5.74, 6) is 6.36. The molecule has 0 saturated heterocycles. The van der Waals surface area contributed by atoms with Crippen LogP contribution in [0.2, 0.25) is 0 Å². The van der Waals surface area contributed by atoms with Crippen molar-refractivity contribution in [2.24, 2.45) is 0 Å². The molecule has 677 valence electrons. The van der Waals surface area contributed by atoms with E-state index in [0.29, 0.717) is 19.4 Å². The fourth-order valence-corrected chi connectivity index (χ4v) is 15.5. The molecule has 0 saturated carbocycles. The first-order valence-corrected chi connectivity index (χ1v) is 44.3. The number of aromatic nitrogens is 4. The average Bonchev–Trinajstić information content (AvgIpc) is 0.775. The number of nitrogens with zero attached hydrogens (tertiary/aromatic N) is 7. The second kappa shape index (κ2) is 51.9. The Morgan fingerprint density at radius 2 is 0.654 bits per heavy atom. The normalized spacial score (nSPS) is 12.3. The number of pyridine rings is 4. The number of anilines is 6. The predicted octanol–water partition coefficient (Wildman–Crippen LogP) is 26.5. The molecule has 4 atom stereocenters. The van der Waals surface area contributed by atoms with Crippen LogP contribution in [0.3, 0.4) is 0 Å². The molecule has 0 spiro atoms. The molecule has 4 N–H and O–H groups in total. The SMILES string of the molecule is Cc1ccc2c(c1)Oc1cc(C)ccc1N2CCCCCC(O)CC(C)O.Cc1ccc2c(c1)Oc1cc(C)ccc1N2CCCCCC(O)CC(C)O.Cc1ccc2c(c1)Oc1cc(C)ccc1N2CCCCOc1cc[c-]c(-c2ccccn2)c1.[Ir].[Ir].[Ir].[c-]1ccccc1-c1ccccn1.[c-]1ccccc1-c1ccccn1.[c-]1ccccc1-c1nccc2ccccc12. The van der Waals surface area contributed by atoms with Crippen molar-refractivity contribution in [1.82, 2.24) is 19.9 Å². The Kier molecular flexibility index (Phi) is 40.2. The zero-order valence-electron chi connectivity index (χ0n) is 75.1. The number of fused-ring (bicyclic) bond motifs is 7. The Morgan fingerprint density at radius 3 is 1.01 bits per heavy atom. The molecule has 15 nitrogen and oxygen atoms in total. The first kappa shape index (κ1) is 101. The number of rotatable bonds is 26. The van der Waals surface area contributed by atoms with E-state index in [0.717, 1.165) is 203 Å². The van der Waals surface area contributed by atoms with Gasteiger partial charge in [-0.05, 0) is 271 Å². The Labute approximate surface area is 808 Å². The van der Waals surface area contributed by atoms with Crippen LogP contribution in [-0.4, -0.2) is 91.0 Å². The van der Waals surface area contributed by atoms with Crippen LogP contribution in [0.25, 0.3) is 55.8 Å². The number of aliphatic hydroxyl groups excluding tert-OH is 4. The van der Waals surface area contributed by atoms with Crippen LogP contribution in [0.15, 0.2) is 310 Å². The number of aryl methyl sites for hydroxylation is 6. The first-order chi connectivity index (χ1) is 61.9. The van der Waals surface area contributed by atoms with Gasteiger partial charge in [0.05, 0.1) is 65.1 Å². The fourth-order valence-electron chi connectivity index (χ4n) is 15.5. The van der Waals surface area contributed by atoms with E-state index in [1.165, 1.54) is 44.2 Å². The van der Waals surface area contributed by atoms with Gasteiger partial charge in [-0.25, -0.2) is 0 Å². The summed E-state index contributed by atoms with van der Waals surface area (Å²) in [6.07, 6.45) is 16.1. The molecule has 7 heterocycles. The van der Waals surface area contributed by atoms with Crippen molar-refractivity contribution in [3.05, 3.63) is 368 Å². The number of benzene rings is 11. The molecule has 0 bridgehead atoms. The van der Waals surface area contributed by atoms with E-state index in [1.54, 1.807) is 32.4 Å². The van der Waals surface area contributed by atoms with Crippen LogP contribution >= 0.6 is 0 Å². The molecule has 15 aromatic rings. The Balaban J connectivity index is 0.000000167. The van der Waals surface area contributed by atoms with E-state index in [-0.39, 0.29) is 60.3 Å². The van der Waals surface area contributed by atoms with E-state index in [9.17, 15) is 20.4 Å². The van der Waals surface area contributed by atoms with E-state index in [4.69, 9.17) is 18.9 Å². The standard InChI is InChI=1S/C29H27N2O2.2C23H31NO3.C15H10N.2C11H8N.3Ir/c1-21-11-13-26-28(18-21)33-29-19-22(2)12-14-27(29)31(26)16-5-6-17-32-24-9-7-8-23(20-24)25-10-3-4-15-30-25;2*1-16-8-10-20-22(13-16)27-23-14-17(2)9-11-21(23)24(20)12-6-4-5-7-19(26)15-18(3)25;1-2-7-13(8-3-1)15-14-9-5-4-6-12(14)10-11-16-15;2*1-2-6-10(7-3-1)11-8-4-5-9-12-11;;;/h3-4,7,9-15,18-20H,5-6,16-17H2,1-2H3;2*8-11,13-14,18-19,25-26H,4-7,12,15H2,1-3H3;1-7,9-11H;2*1-6,8-9H;;;/q-1;;;3*-1;;;. The van der Waals surface area contributed by atoms with Crippen LogP contribution in [0.4, 0.5) is 34.1 Å². The Bertz CT molecular complexity index is 5490. The van der Waals surface area contributed by atoms with Gasteiger partial charge in [-0.2, -0.15) is 0 Å². The summed E-state index contributed by atoms with van der Waals surface area (Å²) >= 11 is 0. The molecule has 3 aliphatic rings. The van der Waals surface area contributed by atoms with E-state index in [2.05, 4.69) is 222 Å². The molecule has 130 heavy (non-hydrogen) atoms. The van der Waals surface area contributed by atoms with Crippen molar-refractivity contribution in [3.8, 4) is 85.3 Å². The maximum atomic E-state index is 9.89. The smallest absolute Gasteiger partial charge is 0.151 e. The molecule has 18 rings (SSSR count). The molecular formula is C112H115Ir3N7O8-4. The maximum Gasteiger partial charge on any atom is 0.151 e. The van der Waals surface area contributed by atoms with Crippen molar-refractivity contribution in [1.29, 1.82) is 0 Å². The molecular weight excluding hydrogens is 2150 g/mol. The largest absolute Gasteiger partial charge is 0.513 e. The summed E-state index contributed by atoms with van der Waals surface area (Å²) in [6.45, 7) is 19.4. The minimum absolute atomic E-state index is 0. The van der Waals surface area contributed by atoms with Crippen LogP contribution in [-0.2, 0) is 60.3 Å². The fraction of sp³-hybridized carbons (Fsp3) is 0.250. The Hall–Kier alpha value is -11.3. The molecule has 0 aliphatic carbocycles. The number of ether oxygens (including phenoxy) is 4. The summed E-state index contributed by atoms with van der Waals surface area (Å²) in [6, 6.07) is 108. The van der Waals surface area contributed by atoms with Gasteiger partial charge in [0, 0.05) is 110 Å². The van der Waals surface area contributed by atoms with Crippen LogP contribution in [0.5, 0.6) is 40.2 Å². The molecule has 3 aliphatic heterocycles. The third-order valence-electron chi connectivity index (χ3n) is 21.9. The molecule has 11 aromatic carbocycles. The van der Waals surface area contributed by atoms with E-state index in [1.807, 2.05) is 170 Å². The van der Waals surface area contributed by atoms with E-state index < -0.39 is 24.4 Å². The topological polar surface area (TPSA) is 179 Å². The van der Waals surface area contributed by atoms with Gasteiger partial charge in [-0.3, -0.25) is 0 Å². The summed E-state index contributed by atoms with van der Waals surface area (Å²) in [4.78, 5) is 24.3. The van der Waals surface area contributed by atoms with Crippen molar-refractivity contribution in [3.63, 3.8) is 0 Å². The van der Waals surface area contributed by atoms with Crippen LogP contribution in [0.1, 0.15) is 124 Å². The van der Waals surface area contributed by atoms with Gasteiger partial charge < -0.3 is 74.0 Å². The minimum atomic E-state index is -0.437. The maximum absolute atomic E-state index is 9.89. The van der Waals surface area contributed by atoms with Crippen molar-refractivity contribution in [2.75, 3.05) is 40.9 Å². The molecule has 3 radical (unpaired) electrons. The van der Waals surface area contributed by atoms with Crippen molar-refractivity contribution < 1.29 is 99.7 Å². The molecule has 18 heteroatoms. The number of unbranched alkanes of at least 4 members (excludes halogenated alkanes) is 5. The van der Waals surface area contributed by atoms with E-state index >= 15 is 0 Å². The number of aliphatic hydroxyl groups is 4. The summed E-state index contributed by atoms with van der Waals surface area (Å²) in [5, 5.41) is 40.9. The molecule has 4 unspecified atom stereocenters. The summed E-state index contributed by atoms with van der Waals surface area (Å²) in [5.41, 5.74) is 21.8. The van der Waals surface area contributed by atoms with Gasteiger partial charge in [0.15, 0.2) is 34.5 Å². The quantitative estimate of drug-likeness (QED) is 0.0297. The zero-order chi connectivity index (χ0) is 88.6. The van der Waals surface area contributed by atoms with Gasteiger partial charge in [0.2, 0.25) is 0 Å². The van der Waals surface area contributed by atoms with Crippen LogP contribution < -0.4 is 33.6 Å². The van der Waals surface area contributed by atoms with Gasteiger partial charge in [-0.1, -0.05) is 123 Å². The van der Waals surface area contributed by atoms with Gasteiger partial charge in [-0.15, -0.1) is 138 Å². The van der Waals surface area contributed by atoms with Gasteiger partial charge in [0.25, 0.3) is 0 Å². The minimum Gasteiger partial charge on any atom is -0.513 e. The third-order valence-corrected chi connectivity index (χ3v) is 21.9. The van der Waals surface area contributed by atoms with Crippen molar-refractivity contribution >= 4 is 44.9 Å². The molecule has 4 aromatic heterocycles. The summed E-state index contributed by atoms with van der Waals surface area (Å²) < 4.78 is 24.6. The average molecular weight is 2260 g/mol. The second-order valence-corrected chi connectivity index (χ2v) is 32.6. The summed E-state index contributed by atoms with van der Waals surface area (Å²) in [7, 11) is 0. The number of hydrogen-bond donors (Lipinski definition) is 4. The number of hydrogen-bond acceptors (Lipinski definition) is 15. The zero-order valence-corrected chi connectivity index (χ0v) is 82.3. The second-order valence-electron chi connectivity index (χ2n) is 32.6. The monoisotopic (exact) mass is 2260 g/mol. The van der Waals surface area contributed by atoms with Gasteiger partial charge in [0.1, 0.15) is 0 Å². The third kappa shape index (κ3) is 29.6.